The van der Waals surface area contributed by atoms with Crippen LogP contribution in [0.1, 0.15) is 22.8 Å². The first-order valence-electron chi connectivity index (χ1n) is 13.2. The Morgan fingerprint density at radius 3 is 2.18 bits per heavy atom. The number of amides is 2. The highest BCUT2D eigenvalue weighted by Gasteiger charge is 2.69. The van der Waals surface area contributed by atoms with Crippen molar-refractivity contribution in [1.29, 1.82) is 0 Å². The van der Waals surface area contributed by atoms with E-state index in [2.05, 4.69) is 41.4 Å². The maximum Gasteiger partial charge on any atom is 0.305 e. The van der Waals surface area contributed by atoms with Gasteiger partial charge < -0.3 is 4.98 Å². The van der Waals surface area contributed by atoms with Gasteiger partial charge >= 0.3 is 4.87 Å². The number of thiazole rings is 1. The molecule has 39 heavy (non-hydrogen) atoms. The normalized spacial score (nSPS) is 30.4. The van der Waals surface area contributed by atoms with Crippen molar-refractivity contribution in [3.05, 3.63) is 105 Å². The molecule has 8 heteroatoms. The largest absolute Gasteiger partial charge is 0.307 e. The number of anilines is 1. The number of carbonyl (C=O) groups excluding carboxylic acids is 2. The van der Waals surface area contributed by atoms with Crippen LogP contribution in [0.2, 0.25) is 0 Å². The number of thioether (sulfide) groups is 1. The molecule has 2 amide bonds. The molecule has 5 nitrogen and oxygen atoms in total. The van der Waals surface area contributed by atoms with Gasteiger partial charge in [-0.1, -0.05) is 65.9 Å². The minimum Gasteiger partial charge on any atom is -0.307 e. The van der Waals surface area contributed by atoms with Crippen LogP contribution in [0.15, 0.2) is 88.7 Å². The lowest BCUT2D eigenvalue weighted by molar-refractivity contribution is -0.123. The van der Waals surface area contributed by atoms with Crippen LogP contribution in [0.4, 0.5) is 10.1 Å². The fourth-order valence-electron chi connectivity index (χ4n) is 7.75. The Morgan fingerprint density at radius 1 is 0.795 bits per heavy atom. The van der Waals surface area contributed by atoms with E-state index < -0.39 is 5.82 Å². The van der Waals surface area contributed by atoms with Crippen molar-refractivity contribution in [3.8, 4) is 11.1 Å². The van der Waals surface area contributed by atoms with E-state index in [0.29, 0.717) is 5.69 Å². The van der Waals surface area contributed by atoms with Gasteiger partial charge in [-0.05, 0) is 65.1 Å². The molecule has 2 aliphatic heterocycles. The number of nitrogens with one attached hydrogen (secondary N) is 1. The number of hydrogen-bond acceptors (Lipinski definition) is 5. The summed E-state index contributed by atoms with van der Waals surface area (Å²) in [5.74, 6) is -1.25. The number of carbonyl (C=O) groups is 2. The second kappa shape index (κ2) is 8.50. The third kappa shape index (κ3) is 3.34. The van der Waals surface area contributed by atoms with E-state index >= 15 is 0 Å². The second-order valence-electron chi connectivity index (χ2n) is 10.9. The number of H-pyrrole nitrogens is 1. The van der Waals surface area contributed by atoms with E-state index in [1.165, 1.54) is 40.5 Å². The summed E-state index contributed by atoms with van der Waals surface area (Å²) in [7, 11) is 0. The fourth-order valence-corrected chi connectivity index (χ4v) is 10.6. The molecule has 3 aromatic carbocycles. The van der Waals surface area contributed by atoms with Gasteiger partial charge in [-0.15, -0.1) is 11.8 Å². The lowest BCUT2D eigenvalue weighted by atomic mass is 9.68. The van der Waals surface area contributed by atoms with Crippen molar-refractivity contribution in [3.63, 3.8) is 0 Å². The molecule has 7 atom stereocenters. The van der Waals surface area contributed by atoms with Gasteiger partial charge in [0.25, 0.3) is 0 Å². The summed E-state index contributed by atoms with van der Waals surface area (Å²) >= 11 is 2.95. The molecule has 194 valence electrons. The number of rotatable bonds is 3. The number of aromatic nitrogens is 1. The van der Waals surface area contributed by atoms with Crippen LogP contribution >= 0.6 is 23.1 Å². The van der Waals surface area contributed by atoms with E-state index in [1.807, 2.05) is 18.2 Å². The smallest absolute Gasteiger partial charge is 0.305 e. The Bertz CT molecular complexity index is 1680. The minimum atomic E-state index is -0.401. The molecule has 1 N–H and O–H groups in total. The third-order valence-corrected chi connectivity index (χ3v) is 11.8. The van der Waals surface area contributed by atoms with Gasteiger partial charge in [0, 0.05) is 16.0 Å². The first-order valence-corrected chi connectivity index (χ1v) is 14.9. The molecule has 3 heterocycles. The molecule has 1 saturated heterocycles. The maximum atomic E-state index is 13.8. The number of hydrogen-bond donors (Lipinski definition) is 1. The highest BCUT2D eigenvalue weighted by atomic mass is 32.2. The Kier molecular flexibility index (Phi) is 5.10. The molecule has 2 saturated carbocycles. The number of nitrogens with zero attached hydrogens (tertiary/aromatic N) is 1. The second-order valence-corrected chi connectivity index (χ2v) is 13.1. The Hall–Kier alpha value is -3.49. The summed E-state index contributed by atoms with van der Waals surface area (Å²) in [6.07, 6.45) is 0.837. The van der Waals surface area contributed by atoms with E-state index in [-0.39, 0.29) is 57.4 Å². The molecule has 7 unspecified atom stereocenters. The fraction of sp³-hybridized carbons (Fsp3) is 0.258. The zero-order chi connectivity index (χ0) is 26.4. The molecule has 0 spiro atoms. The van der Waals surface area contributed by atoms with Crippen LogP contribution in [-0.2, 0) is 9.59 Å². The lowest BCUT2D eigenvalue weighted by Gasteiger charge is -2.43. The summed E-state index contributed by atoms with van der Waals surface area (Å²) in [6.45, 7) is 0. The van der Waals surface area contributed by atoms with Gasteiger partial charge in [0.05, 0.1) is 22.5 Å². The highest BCUT2D eigenvalue weighted by molar-refractivity contribution is 8.00. The molecule has 2 bridgehead atoms. The quantitative estimate of drug-likeness (QED) is 0.319. The van der Waals surface area contributed by atoms with Gasteiger partial charge in [0.1, 0.15) is 5.82 Å². The first kappa shape index (κ1) is 23.4. The molecule has 4 aliphatic rings. The van der Waals surface area contributed by atoms with Crippen LogP contribution in [0.5, 0.6) is 0 Å². The Morgan fingerprint density at radius 2 is 1.46 bits per heavy atom. The molecule has 2 aliphatic carbocycles. The molecule has 3 fully saturated rings. The van der Waals surface area contributed by atoms with Gasteiger partial charge in [-0.3, -0.25) is 19.3 Å². The van der Waals surface area contributed by atoms with Crippen LogP contribution in [-0.4, -0.2) is 22.0 Å². The lowest BCUT2D eigenvalue weighted by Crippen LogP contribution is -2.42. The van der Waals surface area contributed by atoms with Gasteiger partial charge in [0.15, 0.2) is 0 Å². The van der Waals surface area contributed by atoms with Crippen molar-refractivity contribution in [2.75, 3.05) is 4.90 Å². The molecule has 4 aromatic rings. The van der Waals surface area contributed by atoms with Crippen molar-refractivity contribution >= 4 is 40.6 Å². The average Bonchev–Trinajstić information content (AvgIpc) is 3.69. The highest BCUT2D eigenvalue weighted by Crippen LogP contribution is 2.68. The van der Waals surface area contributed by atoms with Crippen LogP contribution < -0.4 is 9.77 Å². The third-order valence-electron chi connectivity index (χ3n) is 9.19. The summed E-state index contributed by atoms with van der Waals surface area (Å²) < 4.78 is 13.6. The van der Waals surface area contributed by atoms with Gasteiger partial charge in [-0.2, -0.15) is 0 Å². The topological polar surface area (TPSA) is 70.2 Å². The molecular formula is C31H23FN2O3S2. The maximum absolute atomic E-state index is 13.8. The molecule has 8 rings (SSSR count). The average molecular weight is 555 g/mol. The summed E-state index contributed by atoms with van der Waals surface area (Å²) in [5, 5.41) is 1.04. The van der Waals surface area contributed by atoms with Crippen LogP contribution in [0.3, 0.4) is 0 Å². The first-order chi connectivity index (χ1) is 19.0. The van der Waals surface area contributed by atoms with Crippen molar-refractivity contribution in [2.24, 2.45) is 29.6 Å². The van der Waals surface area contributed by atoms with Crippen molar-refractivity contribution in [2.45, 2.75) is 22.6 Å². The number of benzene rings is 3. The standard InChI is InChI=1S/C31H23FN2O3S2/c32-18-10-12-19(13-11-18)34-29(35)24-20-14-21(25(24)30(34)36)26-23(20)22(27-28(38-26)33-31(37)39-27)17-8-6-16(7-9-17)15-4-2-1-3-5-15/h1-13,20-26H,14H2,(H,33,37). The minimum absolute atomic E-state index is 0.0150. The van der Waals surface area contributed by atoms with Gasteiger partial charge in [0.2, 0.25) is 11.8 Å². The van der Waals surface area contributed by atoms with E-state index in [9.17, 15) is 18.8 Å². The van der Waals surface area contributed by atoms with Gasteiger partial charge in [-0.25, -0.2) is 4.39 Å². The molecule has 0 radical (unpaired) electrons. The van der Waals surface area contributed by atoms with Crippen LogP contribution in [0, 0.1) is 35.4 Å². The number of imide groups is 1. The predicted octanol–water partition coefficient (Wildman–Crippen LogP) is 5.92. The molecule has 1 aromatic heterocycles. The Labute approximate surface area is 232 Å². The summed E-state index contributed by atoms with van der Waals surface area (Å²) in [4.78, 5) is 45.3. The van der Waals surface area contributed by atoms with Crippen molar-refractivity contribution in [1.82, 2.24) is 4.98 Å². The summed E-state index contributed by atoms with van der Waals surface area (Å²) in [6, 6.07) is 24.4. The summed E-state index contributed by atoms with van der Waals surface area (Å²) in [5.41, 5.74) is 3.85. The van der Waals surface area contributed by atoms with E-state index in [0.717, 1.165) is 33.0 Å². The number of halogens is 1. The van der Waals surface area contributed by atoms with E-state index in [1.54, 1.807) is 11.8 Å². The molecular weight excluding hydrogens is 531 g/mol. The SMILES string of the molecule is O=C1C2C3CC(C2C(=O)N1c1ccc(F)cc1)C1C(c2ccc(-c4ccccc4)cc2)c2sc(=O)[nH]c2SC31. The number of fused-ring (bicyclic) bond motifs is 9. The zero-order valence-electron chi connectivity index (χ0n) is 20.6. The van der Waals surface area contributed by atoms with Crippen molar-refractivity contribution < 1.29 is 14.0 Å². The Balaban J connectivity index is 1.19. The monoisotopic (exact) mass is 554 g/mol. The van der Waals surface area contributed by atoms with Crippen LogP contribution in [0.25, 0.3) is 11.1 Å². The zero-order valence-corrected chi connectivity index (χ0v) is 22.3. The predicted molar refractivity (Wildman–Crippen MR) is 149 cm³/mol. The number of aromatic amines is 1. The van der Waals surface area contributed by atoms with E-state index in [4.69, 9.17) is 0 Å².